The Balaban J connectivity index is -0.000000107. The SMILES string of the molecule is O=C([O-])CF.O=C([O-])CF.[Fe+2]. The minimum Gasteiger partial charge on any atom is -0.547 e. The van der Waals surface area contributed by atoms with Crippen molar-refractivity contribution in [2.24, 2.45) is 0 Å². The van der Waals surface area contributed by atoms with E-state index in [-0.39, 0.29) is 17.1 Å². The molecule has 0 saturated heterocycles. The van der Waals surface area contributed by atoms with Crippen LogP contribution in [-0.4, -0.2) is 25.3 Å². The van der Waals surface area contributed by atoms with E-state index in [9.17, 15) is 8.78 Å². The second-order valence-corrected chi connectivity index (χ2v) is 1.01. The maximum absolute atomic E-state index is 10.5. The van der Waals surface area contributed by atoms with Crippen LogP contribution < -0.4 is 10.2 Å². The van der Waals surface area contributed by atoms with Gasteiger partial charge in [0.15, 0.2) is 0 Å². The van der Waals surface area contributed by atoms with Gasteiger partial charge in [-0.25, -0.2) is 8.78 Å². The fraction of sp³-hybridized carbons (Fsp3) is 0.500. The molecule has 0 fully saturated rings. The van der Waals surface area contributed by atoms with Crippen molar-refractivity contribution < 1.29 is 45.7 Å². The molecule has 0 bridgehead atoms. The van der Waals surface area contributed by atoms with Crippen molar-refractivity contribution >= 4 is 11.9 Å². The third-order valence-corrected chi connectivity index (χ3v) is 0.218. The molecule has 0 aromatic rings. The van der Waals surface area contributed by atoms with Gasteiger partial charge in [-0.1, -0.05) is 0 Å². The Morgan fingerprint density at radius 3 is 1.09 bits per heavy atom. The monoisotopic (exact) mass is 210 g/mol. The van der Waals surface area contributed by atoms with Crippen LogP contribution in [0.5, 0.6) is 0 Å². The Bertz CT molecular complexity index is 105. The number of carbonyl (C=O) groups excluding carboxylic acids is 2. The molecule has 7 heteroatoms. The van der Waals surface area contributed by atoms with Crippen LogP contribution in [0.2, 0.25) is 0 Å². The van der Waals surface area contributed by atoms with E-state index in [1.807, 2.05) is 0 Å². The molecule has 0 aliphatic rings. The summed E-state index contributed by atoms with van der Waals surface area (Å²) in [4.78, 5) is 17.8. The van der Waals surface area contributed by atoms with E-state index in [0.717, 1.165) is 0 Å². The Morgan fingerprint density at radius 2 is 1.09 bits per heavy atom. The average molecular weight is 210 g/mol. The Labute approximate surface area is 71.7 Å². The van der Waals surface area contributed by atoms with Gasteiger partial charge in [0, 0.05) is 0 Å². The summed E-state index contributed by atoms with van der Waals surface area (Å²) in [7, 11) is 0. The quantitative estimate of drug-likeness (QED) is 0.468. The van der Waals surface area contributed by atoms with Gasteiger partial charge in [0.05, 0.1) is 11.9 Å². The van der Waals surface area contributed by atoms with Gasteiger partial charge in [-0.3, -0.25) is 0 Å². The maximum atomic E-state index is 10.5. The van der Waals surface area contributed by atoms with Gasteiger partial charge in [-0.15, -0.1) is 0 Å². The predicted octanol–water partition coefficient (Wildman–Crippen LogP) is -2.59. The van der Waals surface area contributed by atoms with Crippen LogP contribution in [-0.2, 0) is 26.7 Å². The molecule has 0 rings (SSSR count). The van der Waals surface area contributed by atoms with E-state index >= 15 is 0 Å². The van der Waals surface area contributed by atoms with Crippen LogP contribution in [0.25, 0.3) is 0 Å². The van der Waals surface area contributed by atoms with Crippen LogP contribution in [0.1, 0.15) is 0 Å². The zero-order valence-electron chi connectivity index (χ0n) is 5.16. The van der Waals surface area contributed by atoms with Crippen molar-refractivity contribution in [1.82, 2.24) is 0 Å². The molecule has 4 nitrogen and oxygen atoms in total. The molecule has 0 atom stereocenters. The third kappa shape index (κ3) is 45.3. The summed E-state index contributed by atoms with van der Waals surface area (Å²) in [6, 6.07) is 0. The van der Waals surface area contributed by atoms with E-state index in [1.54, 1.807) is 0 Å². The van der Waals surface area contributed by atoms with Gasteiger partial charge in [-0.05, 0) is 0 Å². The molecule has 11 heavy (non-hydrogen) atoms. The molecule has 0 aliphatic heterocycles. The smallest absolute Gasteiger partial charge is 0.547 e. The first-order chi connectivity index (χ1) is 4.54. The zero-order chi connectivity index (χ0) is 8.57. The Morgan fingerprint density at radius 1 is 1.00 bits per heavy atom. The maximum Gasteiger partial charge on any atom is 2.00 e. The first-order valence-corrected chi connectivity index (χ1v) is 2.06. The molecule has 0 unspecified atom stereocenters. The normalized spacial score (nSPS) is 6.73. The summed E-state index contributed by atoms with van der Waals surface area (Å²) in [5.74, 6) is -3.32. The fourth-order valence-electron chi connectivity index (χ4n) is 0. The second kappa shape index (κ2) is 12.0. The summed E-state index contributed by atoms with van der Waals surface area (Å²) < 4.78 is 20.9. The fourth-order valence-corrected chi connectivity index (χ4v) is 0. The zero-order valence-corrected chi connectivity index (χ0v) is 6.26. The first-order valence-electron chi connectivity index (χ1n) is 2.06. The Kier molecular flexibility index (Phi) is 18.3. The number of carbonyl (C=O) groups is 2. The summed E-state index contributed by atoms with van der Waals surface area (Å²) in [6.07, 6.45) is 0. The number of halogens is 2. The number of hydrogen-bond donors (Lipinski definition) is 0. The minimum absolute atomic E-state index is 0. The van der Waals surface area contributed by atoms with Crippen LogP contribution in [0, 0.1) is 0 Å². The van der Waals surface area contributed by atoms with Gasteiger partial charge < -0.3 is 19.8 Å². The van der Waals surface area contributed by atoms with E-state index in [1.165, 1.54) is 0 Å². The molecule has 0 radical (unpaired) electrons. The average Bonchev–Trinajstić information content (AvgIpc) is 1.89. The van der Waals surface area contributed by atoms with Crippen LogP contribution in [0.4, 0.5) is 8.78 Å². The summed E-state index contributed by atoms with van der Waals surface area (Å²) in [5, 5.41) is 17.8. The second-order valence-electron chi connectivity index (χ2n) is 1.01. The minimum atomic E-state index is -1.66. The predicted molar refractivity (Wildman–Crippen MR) is 22.0 cm³/mol. The van der Waals surface area contributed by atoms with Crippen LogP contribution in [0.15, 0.2) is 0 Å². The molecule has 0 aromatic carbocycles. The molecule has 0 aromatic heterocycles. The van der Waals surface area contributed by atoms with Crippen molar-refractivity contribution in [3.8, 4) is 0 Å². The van der Waals surface area contributed by atoms with E-state index in [2.05, 4.69) is 0 Å². The molecule has 0 saturated carbocycles. The van der Waals surface area contributed by atoms with Crippen molar-refractivity contribution in [2.45, 2.75) is 0 Å². The first kappa shape index (κ1) is 16.7. The van der Waals surface area contributed by atoms with Crippen LogP contribution >= 0.6 is 0 Å². The molecule has 0 amide bonds. The van der Waals surface area contributed by atoms with Gasteiger partial charge in [0.25, 0.3) is 0 Å². The van der Waals surface area contributed by atoms with Gasteiger partial charge in [-0.2, -0.15) is 0 Å². The van der Waals surface area contributed by atoms with Gasteiger partial charge >= 0.3 is 17.1 Å². The number of carboxylic acids is 2. The number of hydrogen-bond acceptors (Lipinski definition) is 4. The largest absolute Gasteiger partial charge is 2.00 e. The van der Waals surface area contributed by atoms with E-state index < -0.39 is 25.3 Å². The topological polar surface area (TPSA) is 80.3 Å². The molecule has 0 N–H and O–H groups in total. The summed E-state index contributed by atoms with van der Waals surface area (Å²) >= 11 is 0. The number of carboxylic acid groups (broad SMARTS) is 2. The summed E-state index contributed by atoms with van der Waals surface area (Å²) in [6.45, 7) is -2.78. The summed E-state index contributed by atoms with van der Waals surface area (Å²) in [5.41, 5.74) is 0. The van der Waals surface area contributed by atoms with Crippen LogP contribution in [0.3, 0.4) is 0 Å². The molecule has 0 aliphatic carbocycles. The molecule has 66 valence electrons. The molecule has 0 heterocycles. The third-order valence-electron chi connectivity index (χ3n) is 0.218. The molecule has 0 spiro atoms. The van der Waals surface area contributed by atoms with Crippen molar-refractivity contribution in [2.75, 3.05) is 13.3 Å². The number of rotatable bonds is 2. The Hall–Kier alpha value is -0.681. The van der Waals surface area contributed by atoms with E-state index in [4.69, 9.17) is 19.8 Å². The number of alkyl halides is 2. The van der Waals surface area contributed by atoms with Gasteiger partial charge in [0.2, 0.25) is 0 Å². The van der Waals surface area contributed by atoms with Gasteiger partial charge in [0.1, 0.15) is 13.3 Å². The molecular weight excluding hydrogens is 206 g/mol. The van der Waals surface area contributed by atoms with E-state index in [0.29, 0.717) is 0 Å². The molecular formula is C4H4F2FeO4. The van der Waals surface area contributed by atoms with Crippen molar-refractivity contribution in [3.05, 3.63) is 0 Å². The van der Waals surface area contributed by atoms with Crippen molar-refractivity contribution in [1.29, 1.82) is 0 Å². The number of aliphatic carboxylic acids is 2. The van der Waals surface area contributed by atoms with Crippen molar-refractivity contribution in [3.63, 3.8) is 0 Å². The standard InChI is InChI=1S/2C2H3FO2.Fe/c2*3-1-2(4)5;/h2*1H2,(H,4,5);/q;;+2/p-2.